The lowest BCUT2D eigenvalue weighted by molar-refractivity contribution is 0.0600. The minimum absolute atomic E-state index is 0.243. The average Bonchev–Trinajstić information content (AvgIpc) is 2.61. The highest BCUT2D eigenvalue weighted by molar-refractivity contribution is 6.03. The number of amides is 1. The van der Waals surface area contributed by atoms with Gasteiger partial charge in [0.25, 0.3) is 5.91 Å². The summed E-state index contributed by atoms with van der Waals surface area (Å²) in [6, 6.07) is 8.04. The van der Waals surface area contributed by atoms with Crippen LogP contribution in [-0.4, -0.2) is 35.5 Å². The van der Waals surface area contributed by atoms with Gasteiger partial charge in [0, 0.05) is 18.4 Å². The van der Waals surface area contributed by atoms with Crippen molar-refractivity contribution < 1.29 is 14.3 Å². The number of ether oxygens (including phenoxy) is 1. The Balaban J connectivity index is 2.07. The van der Waals surface area contributed by atoms with E-state index < -0.39 is 5.97 Å². The van der Waals surface area contributed by atoms with Crippen molar-refractivity contribution in [2.24, 2.45) is 0 Å². The third-order valence-corrected chi connectivity index (χ3v) is 3.24. The van der Waals surface area contributed by atoms with Crippen LogP contribution in [0, 0.1) is 0 Å². The van der Waals surface area contributed by atoms with Gasteiger partial charge in [0.2, 0.25) is 5.95 Å². The molecular weight excluding hydrogens is 308 g/mol. The first-order valence-electron chi connectivity index (χ1n) is 7.70. The number of methoxy groups -OCH3 is 1. The molecule has 0 aliphatic rings. The van der Waals surface area contributed by atoms with Crippen LogP contribution in [0.1, 0.15) is 40.6 Å². The molecule has 0 radical (unpaired) electrons. The number of carbonyl (C=O) groups excluding carboxylic acids is 2. The van der Waals surface area contributed by atoms with E-state index in [1.54, 1.807) is 24.3 Å². The molecule has 24 heavy (non-hydrogen) atoms. The van der Waals surface area contributed by atoms with Crippen LogP contribution in [0.5, 0.6) is 0 Å². The zero-order valence-electron chi connectivity index (χ0n) is 13.7. The first kappa shape index (κ1) is 17.4. The number of rotatable bonds is 7. The standard InChI is InChI=1S/C17H20N4O3/c1-3-4-9-18-17-19-10-8-14(21-17)15(22)20-13-7-5-6-12(11-13)16(23)24-2/h5-8,10-11H,3-4,9H2,1-2H3,(H,20,22)(H,18,19,21). The molecule has 2 aromatic rings. The van der Waals surface area contributed by atoms with Crippen molar-refractivity contribution in [2.45, 2.75) is 19.8 Å². The molecule has 0 bridgehead atoms. The molecule has 0 aliphatic carbocycles. The van der Waals surface area contributed by atoms with Gasteiger partial charge in [-0.05, 0) is 30.7 Å². The number of benzene rings is 1. The predicted octanol–water partition coefficient (Wildman–Crippen LogP) is 2.73. The Hall–Kier alpha value is -2.96. The lowest BCUT2D eigenvalue weighted by Crippen LogP contribution is -2.16. The molecule has 0 aliphatic heterocycles. The highest BCUT2D eigenvalue weighted by Crippen LogP contribution is 2.13. The Morgan fingerprint density at radius 2 is 2.08 bits per heavy atom. The topological polar surface area (TPSA) is 93.2 Å². The summed E-state index contributed by atoms with van der Waals surface area (Å²) in [6.07, 6.45) is 3.59. The van der Waals surface area contributed by atoms with Gasteiger partial charge in [-0.3, -0.25) is 4.79 Å². The summed E-state index contributed by atoms with van der Waals surface area (Å²) in [5.41, 5.74) is 1.09. The predicted molar refractivity (Wildman–Crippen MR) is 91.2 cm³/mol. The number of hydrogen-bond acceptors (Lipinski definition) is 6. The quantitative estimate of drug-likeness (QED) is 0.599. The van der Waals surface area contributed by atoms with Crippen LogP contribution in [-0.2, 0) is 4.74 Å². The zero-order valence-corrected chi connectivity index (χ0v) is 13.7. The number of nitrogens with one attached hydrogen (secondary N) is 2. The Kier molecular flexibility index (Phi) is 6.24. The van der Waals surface area contributed by atoms with Gasteiger partial charge in [0.15, 0.2) is 0 Å². The smallest absolute Gasteiger partial charge is 0.337 e. The van der Waals surface area contributed by atoms with E-state index in [1.807, 2.05) is 0 Å². The van der Waals surface area contributed by atoms with Crippen LogP contribution >= 0.6 is 0 Å². The maximum Gasteiger partial charge on any atom is 0.337 e. The van der Waals surface area contributed by atoms with E-state index in [0.717, 1.165) is 19.4 Å². The molecule has 0 unspecified atom stereocenters. The lowest BCUT2D eigenvalue weighted by atomic mass is 10.2. The average molecular weight is 328 g/mol. The molecule has 0 fully saturated rings. The van der Waals surface area contributed by atoms with Gasteiger partial charge in [-0.1, -0.05) is 19.4 Å². The number of carbonyl (C=O) groups is 2. The van der Waals surface area contributed by atoms with Crippen LogP contribution in [0.2, 0.25) is 0 Å². The minimum atomic E-state index is -0.462. The molecule has 0 saturated carbocycles. The summed E-state index contributed by atoms with van der Waals surface area (Å²) in [6.45, 7) is 2.84. The molecule has 7 nitrogen and oxygen atoms in total. The maximum absolute atomic E-state index is 12.3. The van der Waals surface area contributed by atoms with Gasteiger partial charge in [-0.15, -0.1) is 0 Å². The molecular formula is C17H20N4O3. The molecule has 1 aromatic carbocycles. The summed E-state index contributed by atoms with van der Waals surface area (Å²) in [5.74, 6) is -0.423. The lowest BCUT2D eigenvalue weighted by Gasteiger charge is -2.08. The maximum atomic E-state index is 12.3. The molecule has 1 aromatic heterocycles. The Morgan fingerprint density at radius 3 is 2.83 bits per heavy atom. The van der Waals surface area contributed by atoms with E-state index in [1.165, 1.54) is 19.4 Å². The van der Waals surface area contributed by atoms with E-state index in [2.05, 4.69) is 32.3 Å². The normalized spacial score (nSPS) is 10.1. The highest BCUT2D eigenvalue weighted by Gasteiger charge is 2.11. The van der Waals surface area contributed by atoms with Crippen molar-refractivity contribution in [1.29, 1.82) is 0 Å². The summed E-state index contributed by atoms with van der Waals surface area (Å²) in [7, 11) is 1.31. The van der Waals surface area contributed by atoms with E-state index >= 15 is 0 Å². The minimum Gasteiger partial charge on any atom is -0.465 e. The Bertz CT molecular complexity index is 718. The van der Waals surface area contributed by atoms with Crippen LogP contribution in [0.25, 0.3) is 0 Å². The van der Waals surface area contributed by atoms with Crippen LogP contribution in [0.3, 0.4) is 0 Å². The van der Waals surface area contributed by atoms with Gasteiger partial charge in [-0.25, -0.2) is 14.8 Å². The van der Waals surface area contributed by atoms with Crippen molar-refractivity contribution in [3.63, 3.8) is 0 Å². The second-order valence-corrected chi connectivity index (χ2v) is 5.07. The fourth-order valence-electron chi connectivity index (χ4n) is 1.98. The van der Waals surface area contributed by atoms with E-state index in [-0.39, 0.29) is 11.6 Å². The van der Waals surface area contributed by atoms with Crippen molar-refractivity contribution in [3.05, 3.63) is 47.8 Å². The highest BCUT2D eigenvalue weighted by atomic mass is 16.5. The van der Waals surface area contributed by atoms with Gasteiger partial charge in [0.1, 0.15) is 5.69 Å². The monoisotopic (exact) mass is 328 g/mol. The number of esters is 1. The number of unbranched alkanes of at least 4 members (excludes halogenated alkanes) is 1. The van der Waals surface area contributed by atoms with Crippen molar-refractivity contribution in [2.75, 3.05) is 24.3 Å². The first-order chi connectivity index (χ1) is 11.6. The van der Waals surface area contributed by atoms with Gasteiger partial charge in [0.05, 0.1) is 12.7 Å². The summed E-state index contributed by atoms with van der Waals surface area (Å²) in [5, 5.41) is 5.78. The van der Waals surface area contributed by atoms with Crippen molar-refractivity contribution >= 4 is 23.5 Å². The molecule has 7 heteroatoms. The fraction of sp³-hybridized carbons (Fsp3) is 0.294. The number of aromatic nitrogens is 2. The second kappa shape index (κ2) is 8.61. The molecule has 126 valence electrons. The third kappa shape index (κ3) is 4.77. The summed E-state index contributed by atoms with van der Waals surface area (Å²) < 4.78 is 4.66. The summed E-state index contributed by atoms with van der Waals surface area (Å²) >= 11 is 0. The SMILES string of the molecule is CCCCNc1nccc(C(=O)Nc2cccc(C(=O)OC)c2)n1. The third-order valence-electron chi connectivity index (χ3n) is 3.24. The van der Waals surface area contributed by atoms with Gasteiger partial charge >= 0.3 is 5.97 Å². The van der Waals surface area contributed by atoms with Gasteiger partial charge in [-0.2, -0.15) is 0 Å². The summed E-state index contributed by atoms with van der Waals surface area (Å²) in [4.78, 5) is 32.1. The first-order valence-corrected chi connectivity index (χ1v) is 7.70. The number of nitrogens with zero attached hydrogens (tertiary/aromatic N) is 2. The largest absolute Gasteiger partial charge is 0.465 e. The molecule has 2 rings (SSSR count). The molecule has 1 heterocycles. The van der Waals surface area contributed by atoms with E-state index in [9.17, 15) is 9.59 Å². The fourth-order valence-corrected chi connectivity index (χ4v) is 1.98. The zero-order chi connectivity index (χ0) is 17.4. The second-order valence-electron chi connectivity index (χ2n) is 5.07. The Morgan fingerprint density at radius 1 is 1.25 bits per heavy atom. The molecule has 0 saturated heterocycles. The molecule has 1 amide bonds. The van der Waals surface area contributed by atoms with Crippen LogP contribution in [0.15, 0.2) is 36.5 Å². The van der Waals surface area contributed by atoms with E-state index in [4.69, 9.17) is 0 Å². The Labute approximate surface area is 140 Å². The van der Waals surface area contributed by atoms with Crippen molar-refractivity contribution in [3.8, 4) is 0 Å². The van der Waals surface area contributed by atoms with E-state index in [0.29, 0.717) is 17.2 Å². The van der Waals surface area contributed by atoms with Crippen LogP contribution < -0.4 is 10.6 Å². The molecule has 0 spiro atoms. The number of anilines is 2. The number of hydrogen-bond donors (Lipinski definition) is 2. The van der Waals surface area contributed by atoms with Crippen LogP contribution in [0.4, 0.5) is 11.6 Å². The molecule has 0 atom stereocenters. The van der Waals surface area contributed by atoms with Gasteiger partial charge < -0.3 is 15.4 Å². The molecule has 2 N–H and O–H groups in total. The van der Waals surface area contributed by atoms with Crippen molar-refractivity contribution in [1.82, 2.24) is 9.97 Å².